The molecule has 0 aliphatic carbocycles. The lowest BCUT2D eigenvalue weighted by molar-refractivity contribution is 0.415. The second kappa shape index (κ2) is 4.14. The summed E-state index contributed by atoms with van der Waals surface area (Å²) in [6.07, 6.45) is 0. The molecular weight excluding hydrogens is 226 g/mol. The van der Waals surface area contributed by atoms with Crippen LogP contribution in [0.4, 0.5) is 5.82 Å². The van der Waals surface area contributed by atoms with Crippen LogP contribution in [0.1, 0.15) is 0 Å². The SMILES string of the molecule is COc1ccc2c(N(C)C)nc(Cl)nc2c1. The van der Waals surface area contributed by atoms with Crippen molar-refractivity contribution in [3.05, 3.63) is 23.5 Å². The molecule has 0 atom stereocenters. The second-order valence-corrected chi connectivity index (χ2v) is 3.93. The lowest BCUT2D eigenvalue weighted by Crippen LogP contribution is -2.11. The molecule has 0 saturated carbocycles. The van der Waals surface area contributed by atoms with Crippen molar-refractivity contribution in [3.63, 3.8) is 0 Å². The van der Waals surface area contributed by atoms with Crippen LogP contribution < -0.4 is 9.64 Å². The maximum atomic E-state index is 5.87. The summed E-state index contributed by atoms with van der Waals surface area (Å²) in [7, 11) is 5.46. The quantitative estimate of drug-likeness (QED) is 0.752. The van der Waals surface area contributed by atoms with E-state index < -0.39 is 0 Å². The van der Waals surface area contributed by atoms with E-state index in [4.69, 9.17) is 16.3 Å². The van der Waals surface area contributed by atoms with Gasteiger partial charge in [-0.1, -0.05) is 0 Å². The molecule has 2 aromatic rings. The highest BCUT2D eigenvalue weighted by Gasteiger charge is 2.08. The Kier molecular flexibility index (Phi) is 2.83. The molecule has 0 unspecified atom stereocenters. The summed E-state index contributed by atoms with van der Waals surface area (Å²) in [5, 5.41) is 1.19. The Morgan fingerprint density at radius 2 is 2.00 bits per heavy atom. The number of nitrogens with zero attached hydrogens (tertiary/aromatic N) is 3. The highest BCUT2D eigenvalue weighted by molar-refractivity contribution is 6.28. The minimum Gasteiger partial charge on any atom is -0.497 e. The number of hydrogen-bond acceptors (Lipinski definition) is 4. The summed E-state index contributed by atoms with van der Waals surface area (Å²) in [5.41, 5.74) is 0.781. The molecule has 1 heterocycles. The topological polar surface area (TPSA) is 38.2 Å². The standard InChI is InChI=1S/C11H12ClN3O/c1-15(2)10-8-5-4-7(16-3)6-9(8)13-11(12)14-10/h4-6H,1-3H3. The molecule has 0 saturated heterocycles. The Hall–Kier alpha value is -1.55. The molecule has 16 heavy (non-hydrogen) atoms. The minimum absolute atomic E-state index is 0.240. The zero-order valence-corrected chi connectivity index (χ0v) is 10.1. The molecule has 1 aromatic heterocycles. The Morgan fingerprint density at radius 1 is 1.25 bits per heavy atom. The van der Waals surface area contributed by atoms with Crippen LogP contribution in [0.15, 0.2) is 18.2 Å². The monoisotopic (exact) mass is 237 g/mol. The normalized spacial score (nSPS) is 10.5. The molecular formula is C11H12ClN3O. The summed E-state index contributed by atoms with van der Waals surface area (Å²) in [4.78, 5) is 10.3. The van der Waals surface area contributed by atoms with Gasteiger partial charge >= 0.3 is 0 Å². The number of halogens is 1. The minimum atomic E-state index is 0.240. The van der Waals surface area contributed by atoms with E-state index in [9.17, 15) is 0 Å². The van der Waals surface area contributed by atoms with Crippen molar-refractivity contribution >= 4 is 28.3 Å². The van der Waals surface area contributed by atoms with Crippen LogP contribution in [0, 0.1) is 0 Å². The zero-order valence-electron chi connectivity index (χ0n) is 9.36. The van der Waals surface area contributed by atoms with E-state index >= 15 is 0 Å². The van der Waals surface area contributed by atoms with Crippen molar-refractivity contribution < 1.29 is 4.74 Å². The number of hydrogen-bond donors (Lipinski definition) is 0. The average molecular weight is 238 g/mol. The average Bonchev–Trinajstić information content (AvgIpc) is 2.26. The summed E-state index contributed by atoms with van der Waals surface area (Å²) in [5.74, 6) is 1.56. The predicted molar refractivity (Wildman–Crippen MR) is 65.4 cm³/mol. The molecule has 0 radical (unpaired) electrons. The van der Waals surface area contributed by atoms with E-state index in [0.717, 1.165) is 22.5 Å². The number of benzene rings is 1. The number of aromatic nitrogens is 2. The molecule has 0 fully saturated rings. The largest absolute Gasteiger partial charge is 0.497 e. The molecule has 5 heteroatoms. The third kappa shape index (κ3) is 1.88. The summed E-state index contributed by atoms with van der Waals surface area (Å²) in [6, 6.07) is 5.66. The number of anilines is 1. The van der Waals surface area contributed by atoms with E-state index in [-0.39, 0.29) is 5.28 Å². The van der Waals surface area contributed by atoms with Gasteiger partial charge in [0.05, 0.1) is 12.6 Å². The van der Waals surface area contributed by atoms with Crippen LogP contribution in [0.5, 0.6) is 5.75 Å². The number of ether oxygens (including phenoxy) is 1. The van der Waals surface area contributed by atoms with Gasteiger partial charge in [-0.25, -0.2) is 4.98 Å². The molecule has 0 bridgehead atoms. The zero-order chi connectivity index (χ0) is 11.7. The number of rotatable bonds is 2. The summed E-state index contributed by atoms with van der Waals surface area (Å²) < 4.78 is 5.15. The Labute approximate surface area is 98.8 Å². The van der Waals surface area contributed by atoms with E-state index in [2.05, 4.69) is 9.97 Å². The van der Waals surface area contributed by atoms with Crippen molar-refractivity contribution in [1.29, 1.82) is 0 Å². The molecule has 0 N–H and O–H groups in total. The molecule has 0 spiro atoms. The van der Waals surface area contributed by atoms with Gasteiger partial charge in [-0.05, 0) is 23.7 Å². The maximum Gasteiger partial charge on any atom is 0.224 e. The first-order chi connectivity index (χ1) is 7.61. The van der Waals surface area contributed by atoms with Crippen molar-refractivity contribution in [3.8, 4) is 5.75 Å². The maximum absolute atomic E-state index is 5.87. The summed E-state index contributed by atoms with van der Waals surface area (Å²) >= 11 is 5.87. The van der Waals surface area contributed by atoms with Crippen LogP contribution in [-0.2, 0) is 0 Å². The van der Waals surface area contributed by atoms with Crippen LogP contribution >= 0.6 is 11.6 Å². The Balaban J connectivity index is 2.73. The Morgan fingerprint density at radius 3 is 2.62 bits per heavy atom. The first kappa shape index (κ1) is 11.0. The highest BCUT2D eigenvalue weighted by atomic mass is 35.5. The van der Waals surface area contributed by atoms with Gasteiger partial charge in [0.2, 0.25) is 5.28 Å². The fraction of sp³-hybridized carbons (Fsp3) is 0.273. The first-order valence-electron chi connectivity index (χ1n) is 4.80. The summed E-state index contributed by atoms with van der Waals surface area (Å²) in [6.45, 7) is 0. The van der Waals surface area contributed by atoms with Crippen LogP contribution in [-0.4, -0.2) is 31.2 Å². The molecule has 84 valence electrons. The van der Waals surface area contributed by atoms with Crippen LogP contribution in [0.25, 0.3) is 10.9 Å². The molecule has 0 aliphatic rings. The van der Waals surface area contributed by atoms with Gasteiger partial charge in [-0.15, -0.1) is 0 Å². The van der Waals surface area contributed by atoms with E-state index in [1.807, 2.05) is 37.2 Å². The fourth-order valence-electron chi connectivity index (χ4n) is 1.53. The molecule has 1 aromatic carbocycles. The van der Waals surface area contributed by atoms with E-state index in [0.29, 0.717) is 0 Å². The lowest BCUT2D eigenvalue weighted by Gasteiger charge is -2.14. The highest BCUT2D eigenvalue weighted by Crippen LogP contribution is 2.27. The van der Waals surface area contributed by atoms with E-state index in [1.165, 1.54) is 0 Å². The van der Waals surface area contributed by atoms with Crippen molar-refractivity contribution in [2.24, 2.45) is 0 Å². The number of methoxy groups -OCH3 is 1. The van der Waals surface area contributed by atoms with Gasteiger partial charge < -0.3 is 9.64 Å². The van der Waals surface area contributed by atoms with Crippen molar-refractivity contribution in [2.45, 2.75) is 0 Å². The van der Waals surface area contributed by atoms with Gasteiger partial charge in [-0.3, -0.25) is 0 Å². The van der Waals surface area contributed by atoms with Gasteiger partial charge in [-0.2, -0.15) is 4.98 Å². The third-order valence-corrected chi connectivity index (χ3v) is 2.45. The van der Waals surface area contributed by atoms with Crippen LogP contribution in [0.2, 0.25) is 5.28 Å². The number of fused-ring (bicyclic) bond motifs is 1. The molecule has 0 aliphatic heterocycles. The van der Waals surface area contributed by atoms with Gasteiger partial charge in [0.25, 0.3) is 0 Å². The predicted octanol–water partition coefficient (Wildman–Crippen LogP) is 2.36. The van der Waals surface area contributed by atoms with Crippen molar-refractivity contribution in [1.82, 2.24) is 9.97 Å². The van der Waals surface area contributed by atoms with Gasteiger partial charge in [0.15, 0.2) is 0 Å². The lowest BCUT2D eigenvalue weighted by atomic mass is 10.2. The molecule has 4 nitrogen and oxygen atoms in total. The van der Waals surface area contributed by atoms with Crippen molar-refractivity contribution in [2.75, 3.05) is 26.1 Å². The second-order valence-electron chi connectivity index (χ2n) is 3.59. The molecule has 0 amide bonds. The molecule has 2 rings (SSSR count). The van der Waals surface area contributed by atoms with Gasteiger partial charge in [0.1, 0.15) is 11.6 Å². The fourth-order valence-corrected chi connectivity index (χ4v) is 1.70. The van der Waals surface area contributed by atoms with Gasteiger partial charge in [0, 0.05) is 25.5 Å². The third-order valence-electron chi connectivity index (χ3n) is 2.28. The Bertz CT molecular complexity index is 528. The first-order valence-corrected chi connectivity index (χ1v) is 5.18. The van der Waals surface area contributed by atoms with Crippen LogP contribution in [0.3, 0.4) is 0 Å². The smallest absolute Gasteiger partial charge is 0.224 e. The van der Waals surface area contributed by atoms with E-state index in [1.54, 1.807) is 7.11 Å².